The number of anilines is 2. The van der Waals surface area contributed by atoms with Crippen molar-refractivity contribution in [1.29, 1.82) is 0 Å². The fourth-order valence-corrected chi connectivity index (χ4v) is 4.21. The summed E-state index contributed by atoms with van der Waals surface area (Å²) in [6, 6.07) is 12.3. The minimum Gasteiger partial charge on any atom is -0.369 e. The molecule has 1 saturated heterocycles. The Balaban J connectivity index is 1.50. The number of nitrogens with one attached hydrogen (secondary N) is 1. The van der Waals surface area contributed by atoms with Crippen LogP contribution in [0.15, 0.2) is 48.7 Å². The number of amides is 1. The minimum absolute atomic E-state index is 0.192. The van der Waals surface area contributed by atoms with E-state index in [4.69, 9.17) is 0 Å². The van der Waals surface area contributed by atoms with Crippen LogP contribution < -0.4 is 10.2 Å². The second-order valence-corrected chi connectivity index (χ2v) is 8.12. The topological polar surface area (TPSA) is 53.4 Å². The van der Waals surface area contributed by atoms with Crippen molar-refractivity contribution in [2.45, 2.75) is 27.2 Å². The fraction of sp³-hybridized carbons (Fsp3) is 0.360. The summed E-state index contributed by atoms with van der Waals surface area (Å²) in [5.74, 6) is -0.495. The predicted octanol–water partition coefficient (Wildman–Crippen LogP) is 4.28. The van der Waals surface area contributed by atoms with Crippen molar-refractivity contribution in [1.82, 2.24) is 14.7 Å². The van der Waals surface area contributed by atoms with Crippen LogP contribution in [0.3, 0.4) is 0 Å². The summed E-state index contributed by atoms with van der Waals surface area (Å²) in [5.41, 5.74) is 5.05. The molecule has 2 aromatic carbocycles. The van der Waals surface area contributed by atoms with Crippen LogP contribution in [-0.4, -0.2) is 53.3 Å². The molecule has 3 aromatic rings. The Labute approximate surface area is 188 Å². The van der Waals surface area contributed by atoms with Crippen molar-refractivity contribution < 1.29 is 9.18 Å². The van der Waals surface area contributed by atoms with Crippen molar-refractivity contribution in [3.63, 3.8) is 0 Å². The molecule has 4 rings (SSSR count). The maximum atomic E-state index is 13.3. The summed E-state index contributed by atoms with van der Waals surface area (Å²) in [6.45, 7) is 11.5. The molecule has 1 fully saturated rings. The van der Waals surface area contributed by atoms with Crippen molar-refractivity contribution >= 4 is 17.3 Å². The van der Waals surface area contributed by atoms with Gasteiger partial charge in [-0.1, -0.05) is 13.8 Å². The first kappa shape index (κ1) is 22.0. The molecule has 2 heterocycles. The minimum atomic E-state index is -0.303. The highest BCUT2D eigenvalue weighted by Crippen LogP contribution is 2.25. The molecule has 7 heteroatoms. The Morgan fingerprint density at radius 3 is 2.34 bits per heavy atom. The number of hydrogen-bond donors (Lipinski definition) is 1. The van der Waals surface area contributed by atoms with E-state index in [0.29, 0.717) is 12.0 Å². The number of halogens is 1. The number of piperazine rings is 1. The molecule has 6 nitrogen and oxygen atoms in total. The molecule has 1 N–H and O–H groups in total. The lowest BCUT2D eigenvalue weighted by Crippen LogP contribution is -2.46. The summed E-state index contributed by atoms with van der Waals surface area (Å²) < 4.78 is 15.0. The average molecular weight is 436 g/mol. The van der Waals surface area contributed by atoms with Crippen LogP contribution in [0.4, 0.5) is 15.8 Å². The van der Waals surface area contributed by atoms with E-state index in [9.17, 15) is 9.18 Å². The first-order valence-electron chi connectivity index (χ1n) is 11.2. The van der Waals surface area contributed by atoms with Gasteiger partial charge in [-0.15, -0.1) is 0 Å². The zero-order valence-corrected chi connectivity index (χ0v) is 18.9. The third-order valence-electron chi connectivity index (χ3n) is 6.16. The van der Waals surface area contributed by atoms with Crippen molar-refractivity contribution in [3.8, 4) is 5.69 Å². The maximum absolute atomic E-state index is 13.3. The van der Waals surface area contributed by atoms with Gasteiger partial charge in [0.15, 0.2) is 0 Å². The molecule has 0 bridgehead atoms. The molecule has 1 aliphatic rings. The summed E-state index contributed by atoms with van der Waals surface area (Å²) in [7, 11) is 0. The second-order valence-electron chi connectivity index (χ2n) is 8.12. The lowest BCUT2D eigenvalue weighted by atomic mass is 10.1. The molecule has 0 atom stereocenters. The highest BCUT2D eigenvalue weighted by molar-refractivity contribution is 6.05. The van der Waals surface area contributed by atoms with Gasteiger partial charge in [0.2, 0.25) is 0 Å². The van der Waals surface area contributed by atoms with Gasteiger partial charge in [-0.25, -0.2) is 9.07 Å². The van der Waals surface area contributed by atoms with Gasteiger partial charge in [0.1, 0.15) is 5.82 Å². The maximum Gasteiger partial charge on any atom is 0.259 e. The van der Waals surface area contributed by atoms with E-state index in [2.05, 4.69) is 39.3 Å². The molecule has 1 aliphatic heterocycles. The van der Waals surface area contributed by atoms with Crippen molar-refractivity contribution in [2.75, 3.05) is 42.9 Å². The predicted molar refractivity (Wildman–Crippen MR) is 126 cm³/mol. The van der Waals surface area contributed by atoms with Crippen molar-refractivity contribution in [3.05, 3.63) is 71.3 Å². The van der Waals surface area contributed by atoms with E-state index in [1.807, 2.05) is 19.9 Å². The lowest BCUT2D eigenvalue weighted by molar-refractivity contribution is 0.102. The van der Waals surface area contributed by atoms with Crippen LogP contribution in [0.1, 0.15) is 35.5 Å². The van der Waals surface area contributed by atoms with Crippen LogP contribution in [0.2, 0.25) is 0 Å². The number of hydrogen-bond acceptors (Lipinski definition) is 4. The van der Waals surface area contributed by atoms with Crippen LogP contribution >= 0.6 is 0 Å². The van der Waals surface area contributed by atoms with Gasteiger partial charge in [-0.05, 0) is 67.9 Å². The Kier molecular flexibility index (Phi) is 6.55. The molecule has 1 amide bonds. The molecule has 32 heavy (non-hydrogen) atoms. The van der Waals surface area contributed by atoms with Gasteiger partial charge in [-0.2, -0.15) is 5.10 Å². The number of likely N-dealkylation sites (N-methyl/N-ethyl adjacent to an activating group) is 1. The normalized spacial score (nSPS) is 14.6. The molecular weight excluding hydrogens is 405 g/mol. The van der Waals surface area contributed by atoms with E-state index in [1.54, 1.807) is 23.0 Å². The smallest absolute Gasteiger partial charge is 0.259 e. The molecule has 1 aromatic heterocycles. The number of nitrogens with zero attached hydrogens (tertiary/aromatic N) is 4. The van der Waals surface area contributed by atoms with E-state index in [1.165, 1.54) is 17.8 Å². The second kappa shape index (κ2) is 9.53. The number of carbonyl (C=O) groups is 1. The highest BCUT2D eigenvalue weighted by atomic mass is 19.1. The van der Waals surface area contributed by atoms with Crippen molar-refractivity contribution in [2.24, 2.45) is 0 Å². The molecule has 168 valence electrons. The first-order valence-corrected chi connectivity index (χ1v) is 11.2. The fourth-order valence-electron chi connectivity index (χ4n) is 4.21. The Morgan fingerprint density at radius 2 is 1.72 bits per heavy atom. The van der Waals surface area contributed by atoms with E-state index >= 15 is 0 Å². The zero-order valence-electron chi connectivity index (χ0n) is 18.9. The van der Waals surface area contributed by atoms with Crippen LogP contribution in [0.25, 0.3) is 5.69 Å². The lowest BCUT2D eigenvalue weighted by Gasteiger charge is -2.35. The van der Waals surface area contributed by atoms with Crippen LogP contribution in [0.5, 0.6) is 0 Å². The van der Waals surface area contributed by atoms with Gasteiger partial charge in [0.25, 0.3) is 5.91 Å². The van der Waals surface area contributed by atoms with Gasteiger partial charge >= 0.3 is 0 Å². The molecule has 0 saturated carbocycles. The van der Waals surface area contributed by atoms with Gasteiger partial charge in [0.05, 0.1) is 23.1 Å². The van der Waals surface area contributed by atoms with E-state index < -0.39 is 0 Å². The van der Waals surface area contributed by atoms with Gasteiger partial charge < -0.3 is 15.1 Å². The number of benzene rings is 2. The summed E-state index contributed by atoms with van der Waals surface area (Å²) in [6.07, 6.45) is 2.20. The summed E-state index contributed by atoms with van der Waals surface area (Å²) >= 11 is 0. The number of carbonyl (C=O) groups excluding carboxylic acids is 1. The number of aryl methyl sites for hydroxylation is 1. The Bertz CT molecular complexity index is 1080. The largest absolute Gasteiger partial charge is 0.369 e. The van der Waals surface area contributed by atoms with Crippen LogP contribution in [0, 0.1) is 12.7 Å². The summed E-state index contributed by atoms with van der Waals surface area (Å²) in [4.78, 5) is 17.9. The molecule has 0 aliphatic carbocycles. The Morgan fingerprint density at radius 1 is 1.03 bits per heavy atom. The van der Waals surface area contributed by atoms with Gasteiger partial charge in [-0.3, -0.25) is 4.79 Å². The average Bonchev–Trinajstić information content (AvgIpc) is 3.25. The van der Waals surface area contributed by atoms with Crippen LogP contribution in [-0.2, 0) is 6.42 Å². The molecular formula is C25H30FN5O. The standard InChI is InChI=1S/C25H30FN5O/c1-4-24-22(17-27-31(24)20-8-6-19(26)7-9-20)25(32)28-23-11-10-21(16-18(23)3)30-14-12-29(5-2)13-15-30/h6-11,16-17H,4-5,12-15H2,1-3H3,(H,28,32). The zero-order chi connectivity index (χ0) is 22.7. The number of rotatable bonds is 6. The molecule has 0 radical (unpaired) electrons. The molecule has 0 spiro atoms. The monoisotopic (exact) mass is 435 g/mol. The SMILES string of the molecule is CCc1c(C(=O)Nc2ccc(N3CCN(CC)CC3)cc2C)cnn1-c1ccc(F)cc1. The quantitative estimate of drug-likeness (QED) is 0.628. The first-order chi connectivity index (χ1) is 15.5. The van der Waals surface area contributed by atoms with Gasteiger partial charge in [0, 0.05) is 37.6 Å². The Hall–Kier alpha value is -3.19. The third kappa shape index (κ3) is 4.53. The molecule has 0 unspecified atom stereocenters. The number of aromatic nitrogens is 2. The van der Waals surface area contributed by atoms with E-state index in [0.717, 1.165) is 55.4 Å². The summed E-state index contributed by atoms with van der Waals surface area (Å²) in [5, 5.41) is 7.43. The highest BCUT2D eigenvalue weighted by Gasteiger charge is 2.19. The third-order valence-corrected chi connectivity index (χ3v) is 6.16. The van der Waals surface area contributed by atoms with E-state index in [-0.39, 0.29) is 11.7 Å².